The van der Waals surface area contributed by atoms with Gasteiger partial charge in [0.25, 0.3) is 5.91 Å². The van der Waals surface area contributed by atoms with Crippen LogP contribution in [0.5, 0.6) is 0 Å². The third-order valence-electron chi connectivity index (χ3n) is 4.84. The molecular weight excluding hydrogens is 362 g/mol. The van der Waals surface area contributed by atoms with Crippen molar-refractivity contribution in [3.8, 4) is 0 Å². The lowest BCUT2D eigenvalue weighted by molar-refractivity contribution is 0.0650. The number of sulfonamides is 1. The van der Waals surface area contributed by atoms with E-state index in [1.54, 1.807) is 23.4 Å². The van der Waals surface area contributed by atoms with Crippen molar-refractivity contribution in [2.45, 2.75) is 32.4 Å². The number of carbonyl (C=O) groups is 1. The first-order valence-corrected chi connectivity index (χ1v) is 10.9. The molecule has 1 aliphatic heterocycles. The summed E-state index contributed by atoms with van der Waals surface area (Å²) in [5, 5.41) is 0. The SMILES string of the molecule is Cc1cccc(C(=O)N2CCCC(N(Cc3cccnc3)S(C)(=O)=O)C2)c1. The zero-order valence-corrected chi connectivity index (χ0v) is 16.5. The molecule has 0 bridgehead atoms. The molecular formula is C20H25N3O3S. The Morgan fingerprint density at radius 3 is 2.78 bits per heavy atom. The third-order valence-corrected chi connectivity index (χ3v) is 6.12. The van der Waals surface area contributed by atoms with Crippen molar-refractivity contribution in [3.05, 3.63) is 65.5 Å². The summed E-state index contributed by atoms with van der Waals surface area (Å²) in [6.07, 6.45) is 6.09. The highest BCUT2D eigenvalue weighted by Gasteiger charge is 2.33. The number of aromatic nitrogens is 1. The predicted molar refractivity (Wildman–Crippen MR) is 105 cm³/mol. The van der Waals surface area contributed by atoms with E-state index in [-0.39, 0.29) is 18.5 Å². The summed E-state index contributed by atoms with van der Waals surface area (Å²) in [6, 6.07) is 10.9. The number of rotatable bonds is 5. The maximum absolute atomic E-state index is 12.9. The van der Waals surface area contributed by atoms with Crippen LogP contribution in [0.1, 0.15) is 34.3 Å². The Hall–Kier alpha value is -2.25. The zero-order valence-electron chi connectivity index (χ0n) is 15.7. The van der Waals surface area contributed by atoms with E-state index in [4.69, 9.17) is 0 Å². The number of benzene rings is 1. The van der Waals surface area contributed by atoms with Gasteiger partial charge < -0.3 is 4.90 Å². The molecule has 6 nitrogen and oxygen atoms in total. The summed E-state index contributed by atoms with van der Waals surface area (Å²) < 4.78 is 26.4. The van der Waals surface area contributed by atoms with Crippen LogP contribution in [0.4, 0.5) is 0 Å². The topological polar surface area (TPSA) is 70.6 Å². The van der Waals surface area contributed by atoms with Crippen LogP contribution in [-0.2, 0) is 16.6 Å². The second kappa shape index (κ2) is 8.19. The van der Waals surface area contributed by atoms with Crippen molar-refractivity contribution in [1.82, 2.24) is 14.2 Å². The van der Waals surface area contributed by atoms with Crippen LogP contribution in [-0.4, -0.2) is 53.9 Å². The highest BCUT2D eigenvalue weighted by atomic mass is 32.2. The summed E-state index contributed by atoms with van der Waals surface area (Å²) in [7, 11) is -3.42. The van der Waals surface area contributed by atoms with Crippen molar-refractivity contribution in [2.24, 2.45) is 0 Å². The fourth-order valence-corrected chi connectivity index (χ4v) is 4.62. The summed E-state index contributed by atoms with van der Waals surface area (Å²) in [5.74, 6) is -0.0433. The Kier molecular flexibility index (Phi) is 5.92. The van der Waals surface area contributed by atoms with Crippen LogP contribution in [0.25, 0.3) is 0 Å². The quantitative estimate of drug-likeness (QED) is 0.790. The van der Waals surface area contributed by atoms with Crippen LogP contribution < -0.4 is 0 Å². The lowest BCUT2D eigenvalue weighted by Crippen LogP contribution is -2.51. The van der Waals surface area contributed by atoms with E-state index in [2.05, 4.69) is 4.98 Å². The number of amides is 1. The van der Waals surface area contributed by atoms with E-state index in [1.165, 1.54) is 10.6 Å². The number of aryl methyl sites for hydroxylation is 1. The van der Waals surface area contributed by atoms with Gasteiger partial charge in [-0.3, -0.25) is 9.78 Å². The molecule has 7 heteroatoms. The van der Waals surface area contributed by atoms with Gasteiger partial charge in [0.05, 0.1) is 6.26 Å². The van der Waals surface area contributed by atoms with Crippen molar-refractivity contribution >= 4 is 15.9 Å². The van der Waals surface area contributed by atoms with Crippen LogP contribution in [0.3, 0.4) is 0 Å². The van der Waals surface area contributed by atoms with Gasteiger partial charge >= 0.3 is 0 Å². The molecule has 27 heavy (non-hydrogen) atoms. The van der Waals surface area contributed by atoms with Crippen molar-refractivity contribution < 1.29 is 13.2 Å². The molecule has 0 saturated carbocycles. The molecule has 1 fully saturated rings. The minimum absolute atomic E-state index is 0.0433. The van der Waals surface area contributed by atoms with Gasteiger partial charge in [0, 0.05) is 43.6 Å². The molecule has 2 aromatic rings. The summed E-state index contributed by atoms with van der Waals surface area (Å²) in [6.45, 7) is 3.27. The lowest BCUT2D eigenvalue weighted by Gasteiger charge is -2.38. The molecule has 1 saturated heterocycles. The van der Waals surface area contributed by atoms with Gasteiger partial charge in [-0.25, -0.2) is 8.42 Å². The first-order valence-electron chi connectivity index (χ1n) is 9.06. The largest absolute Gasteiger partial charge is 0.337 e. The first-order chi connectivity index (χ1) is 12.8. The minimum Gasteiger partial charge on any atom is -0.337 e. The summed E-state index contributed by atoms with van der Waals surface area (Å²) in [4.78, 5) is 18.7. The Morgan fingerprint density at radius 1 is 1.30 bits per heavy atom. The highest BCUT2D eigenvalue weighted by Crippen LogP contribution is 2.22. The number of likely N-dealkylation sites (tertiary alicyclic amines) is 1. The lowest BCUT2D eigenvalue weighted by atomic mass is 10.0. The molecule has 0 aliphatic carbocycles. The van der Waals surface area contributed by atoms with Crippen molar-refractivity contribution in [1.29, 1.82) is 0 Å². The summed E-state index contributed by atoms with van der Waals surface area (Å²) >= 11 is 0. The molecule has 1 unspecified atom stereocenters. The van der Waals surface area contributed by atoms with Crippen LogP contribution in [0.2, 0.25) is 0 Å². The molecule has 1 aromatic carbocycles. The Morgan fingerprint density at radius 2 is 2.11 bits per heavy atom. The van der Waals surface area contributed by atoms with Gasteiger partial charge in [-0.05, 0) is 43.5 Å². The maximum Gasteiger partial charge on any atom is 0.253 e. The van der Waals surface area contributed by atoms with Crippen molar-refractivity contribution in [3.63, 3.8) is 0 Å². The molecule has 2 heterocycles. The standard InChI is InChI=1S/C20H25N3O3S/c1-16-6-3-8-18(12-16)20(24)22-11-5-9-19(15-22)23(27(2,25)26)14-17-7-4-10-21-13-17/h3-4,6-8,10,12-13,19H,5,9,11,14-15H2,1-2H3. The highest BCUT2D eigenvalue weighted by molar-refractivity contribution is 7.88. The van der Waals surface area contributed by atoms with Gasteiger partial charge in [0.15, 0.2) is 0 Å². The fraction of sp³-hybridized carbons (Fsp3) is 0.400. The molecule has 1 aromatic heterocycles. The van der Waals surface area contributed by atoms with E-state index < -0.39 is 10.0 Å². The zero-order chi connectivity index (χ0) is 19.4. The summed E-state index contributed by atoms with van der Waals surface area (Å²) in [5.41, 5.74) is 2.52. The van der Waals surface area contributed by atoms with E-state index in [0.717, 1.165) is 24.0 Å². The number of hydrogen-bond donors (Lipinski definition) is 0. The van der Waals surface area contributed by atoms with Gasteiger partial charge in [0.1, 0.15) is 0 Å². The number of hydrogen-bond acceptors (Lipinski definition) is 4. The normalized spacial score (nSPS) is 17.9. The molecule has 1 atom stereocenters. The third kappa shape index (κ3) is 4.93. The van der Waals surface area contributed by atoms with E-state index in [9.17, 15) is 13.2 Å². The minimum atomic E-state index is -3.42. The number of carbonyl (C=O) groups excluding carboxylic acids is 1. The molecule has 3 rings (SSSR count). The average Bonchev–Trinajstić information content (AvgIpc) is 2.65. The molecule has 0 N–H and O–H groups in total. The Labute approximate surface area is 160 Å². The Bertz CT molecular complexity index is 900. The van der Waals surface area contributed by atoms with E-state index >= 15 is 0 Å². The van der Waals surface area contributed by atoms with E-state index in [0.29, 0.717) is 18.7 Å². The van der Waals surface area contributed by atoms with Crippen LogP contribution in [0, 0.1) is 6.92 Å². The second-order valence-corrected chi connectivity index (χ2v) is 9.02. The Balaban J connectivity index is 1.79. The van der Waals surface area contributed by atoms with Crippen LogP contribution in [0.15, 0.2) is 48.8 Å². The van der Waals surface area contributed by atoms with E-state index in [1.807, 2.05) is 37.3 Å². The molecule has 0 radical (unpaired) electrons. The average molecular weight is 388 g/mol. The number of pyridine rings is 1. The molecule has 144 valence electrons. The van der Waals surface area contributed by atoms with Crippen LogP contribution >= 0.6 is 0 Å². The van der Waals surface area contributed by atoms with Gasteiger partial charge in [0.2, 0.25) is 10.0 Å². The number of nitrogens with zero attached hydrogens (tertiary/aromatic N) is 3. The molecule has 0 spiro atoms. The predicted octanol–water partition coefficient (Wildman–Crippen LogP) is 2.46. The van der Waals surface area contributed by atoms with Gasteiger partial charge in [-0.2, -0.15) is 4.31 Å². The monoisotopic (exact) mass is 387 g/mol. The van der Waals surface area contributed by atoms with Gasteiger partial charge in [-0.1, -0.05) is 23.8 Å². The molecule has 1 amide bonds. The first kappa shape index (κ1) is 19.5. The maximum atomic E-state index is 12.9. The smallest absolute Gasteiger partial charge is 0.253 e. The fourth-order valence-electron chi connectivity index (χ4n) is 3.52. The van der Waals surface area contributed by atoms with Crippen molar-refractivity contribution in [2.75, 3.05) is 19.3 Å². The second-order valence-electron chi connectivity index (χ2n) is 7.09. The molecule has 1 aliphatic rings. The number of piperidine rings is 1. The van der Waals surface area contributed by atoms with Gasteiger partial charge in [-0.15, -0.1) is 0 Å².